The predicted molar refractivity (Wildman–Crippen MR) is 120 cm³/mol. The maximum atomic E-state index is 12.7. The van der Waals surface area contributed by atoms with Gasteiger partial charge in [-0.25, -0.2) is 0 Å². The number of hydrogen-bond acceptors (Lipinski definition) is 5. The van der Waals surface area contributed by atoms with Gasteiger partial charge < -0.3 is 24.6 Å². The molecule has 4 heterocycles. The molecule has 1 N–H and O–H groups in total. The molecule has 0 saturated carbocycles. The standard InChI is InChI=1S/C25H35N3O4/c29-24(19-9-12-31-17-19)26-22(18-5-2-1-3-6-18)8-10-27-13-20-15-28(16-21(20)14-27)25(30)23-7-4-11-32-23/h1-3,5-6,19-23H,4,7-17H2,(H,26,29)/t19?,20?,21?,22-,23?/m0/s1. The Labute approximate surface area is 190 Å². The molecule has 7 heteroatoms. The lowest BCUT2D eigenvalue weighted by Gasteiger charge is -2.26. The maximum Gasteiger partial charge on any atom is 0.251 e. The minimum Gasteiger partial charge on any atom is -0.381 e. The summed E-state index contributed by atoms with van der Waals surface area (Å²) in [6.07, 6.45) is 3.37. The smallest absolute Gasteiger partial charge is 0.251 e. The zero-order valence-electron chi connectivity index (χ0n) is 18.8. The summed E-state index contributed by atoms with van der Waals surface area (Å²) < 4.78 is 11.0. The van der Waals surface area contributed by atoms with Crippen LogP contribution in [0.3, 0.4) is 0 Å². The Hall–Kier alpha value is -1.96. The van der Waals surface area contributed by atoms with Crippen LogP contribution in [0.25, 0.3) is 0 Å². The number of ether oxygens (including phenoxy) is 2. The molecule has 4 saturated heterocycles. The van der Waals surface area contributed by atoms with Gasteiger partial charge in [-0.1, -0.05) is 30.3 Å². The van der Waals surface area contributed by atoms with E-state index in [0.717, 1.165) is 70.6 Å². The lowest BCUT2D eigenvalue weighted by Crippen LogP contribution is -2.40. The van der Waals surface area contributed by atoms with E-state index in [4.69, 9.17) is 9.47 Å². The van der Waals surface area contributed by atoms with Crippen LogP contribution in [0.1, 0.15) is 37.3 Å². The first-order valence-electron chi connectivity index (χ1n) is 12.2. The Balaban J connectivity index is 1.14. The molecule has 7 nitrogen and oxygen atoms in total. The number of fused-ring (bicyclic) bond motifs is 1. The minimum atomic E-state index is -0.203. The van der Waals surface area contributed by atoms with Crippen LogP contribution in [0, 0.1) is 17.8 Å². The molecule has 174 valence electrons. The topological polar surface area (TPSA) is 71.1 Å². The van der Waals surface area contributed by atoms with Crippen molar-refractivity contribution in [3.8, 4) is 0 Å². The van der Waals surface area contributed by atoms with Crippen molar-refractivity contribution in [1.29, 1.82) is 0 Å². The van der Waals surface area contributed by atoms with Crippen LogP contribution in [0.4, 0.5) is 0 Å². The Kier molecular flexibility index (Phi) is 6.76. The van der Waals surface area contributed by atoms with Crippen molar-refractivity contribution in [2.24, 2.45) is 17.8 Å². The van der Waals surface area contributed by atoms with E-state index in [-0.39, 0.29) is 29.9 Å². The number of rotatable bonds is 7. The number of nitrogens with zero attached hydrogens (tertiary/aromatic N) is 2. The van der Waals surface area contributed by atoms with Crippen molar-refractivity contribution in [2.75, 3.05) is 52.5 Å². The largest absolute Gasteiger partial charge is 0.381 e. The molecular formula is C25H35N3O4. The number of nitrogens with one attached hydrogen (secondary N) is 1. The summed E-state index contributed by atoms with van der Waals surface area (Å²) in [5.41, 5.74) is 1.16. The van der Waals surface area contributed by atoms with Gasteiger partial charge in [0.15, 0.2) is 0 Å². The molecule has 4 aliphatic rings. The Morgan fingerprint density at radius 3 is 2.47 bits per heavy atom. The molecule has 32 heavy (non-hydrogen) atoms. The van der Waals surface area contributed by atoms with E-state index >= 15 is 0 Å². The SMILES string of the molecule is O=C(N[C@@H](CCN1CC2CN(C(=O)C3CCCO3)CC2C1)c1ccccc1)C1CCOC1. The summed E-state index contributed by atoms with van der Waals surface area (Å²) in [5.74, 6) is 1.39. The lowest BCUT2D eigenvalue weighted by molar-refractivity contribution is -0.140. The third kappa shape index (κ3) is 4.85. The first-order chi connectivity index (χ1) is 15.7. The quantitative estimate of drug-likeness (QED) is 0.699. The molecule has 5 atom stereocenters. The number of likely N-dealkylation sites (tertiary alicyclic amines) is 2. The summed E-state index contributed by atoms with van der Waals surface area (Å²) >= 11 is 0. The summed E-state index contributed by atoms with van der Waals surface area (Å²) in [4.78, 5) is 30.0. The number of amides is 2. The summed E-state index contributed by atoms with van der Waals surface area (Å²) in [7, 11) is 0. The first kappa shape index (κ1) is 21.9. The highest BCUT2D eigenvalue weighted by molar-refractivity contribution is 5.81. The highest BCUT2D eigenvalue weighted by Gasteiger charge is 2.43. The second-order valence-corrected chi connectivity index (χ2v) is 9.85. The molecule has 2 amide bonds. The molecule has 4 fully saturated rings. The third-order valence-corrected chi connectivity index (χ3v) is 7.63. The highest BCUT2D eigenvalue weighted by atomic mass is 16.5. The van der Waals surface area contributed by atoms with E-state index in [1.54, 1.807) is 0 Å². The average Bonchev–Trinajstić information content (AvgIpc) is 3.60. The van der Waals surface area contributed by atoms with E-state index in [0.29, 0.717) is 25.0 Å². The third-order valence-electron chi connectivity index (χ3n) is 7.63. The van der Waals surface area contributed by atoms with Crippen LogP contribution >= 0.6 is 0 Å². The second kappa shape index (κ2) is 9.89. The van der Waals surface area contributed by atoms with Crippen LogP contribution in [-0.4, -0.2) is 80.3 Å². The lowest BCUT2D eigenvalue weighted by atomic mass is 10.0. The van der Waals surface area contributed by atoms with Gasteiger partial charge in [-0.15, -0.1) is 0 Å². The van der Waals surface area contributed by atoms with E-state index in [9.17, 15) is 9.59 Å². The van der Waals surface area contributed by atoms with Gasteiger partial charge in [0.05, 0.1) is 18.6 Å². The van der Waals surface area contributed by atoms with Gasteiger partial charge in [0.25, 0.3) is 5.91 Å². The molecule has 0 radical (unpaired) electrons. The number of hydrogen-bond donors (Lipinski definition) is 1. The van der Waals surface area contributed by atoms with Crippen LogP contribution < -0.4 is 5.32 Å². The Morgan fingerprint density at radius 2 is 1.81 bits per heavy atom. The predicted octanol–water partition coefficient (Wildman–Crippen LogP) is 1.84. The van der Waals surface area contributed by atoms with Crippen LogP contribution in [0.15, 0.2) is 30.3 Å². The first-order valence-corrected chi connectivity index (χ1v) is 12.2. The maximum absolute atomic E-state index is 12.7. The van der Waals surface area contributed by atoms with Crippen molar-refractivity contribution in [3.05, 3.63) is 35.9 Å². The number of carbonyl (C=O) groups excluding carboxylic acids is 2. The molecule has 0 bridgehead atoms. The molecule has 0 spiro atoms. The van der Waals surface area contributed by atoms with Gasteiger partial charge in [0.2, 0.25) is 5.91 Å². The highest BCUT2D eigenvalue weighted by Crippen LogP contribution is 2.33. The van der Waals surface area contributed by atoms with E-state index in [1.807, 2.05) is 23.1 Å². The summed E-state index contributed by atoms with van der Waals surface area (Å²) in [6.45, 7) is 6.67. The summed E-state index contributed by atoms with van der Waals surface area (Å²) in [6, 6.07) is 10.3. The van der Waals surface area contributed by atoms with Gasteiger partial charge in [-0.05, 0) is 43.1 Å². The fourth-order valence-electron chi connectivity index (χ4n) is 5.78. The second-order valence-electron chi connectivity index (χ2n) is 9.85. The van der Waals surface area contributed by atoms with Crippen molar-refractivity contribution in [1.82, 2.24) is 15.1 Å². The molecule has 0 aliphatic carbocycles. The van der Waals surface area contributed by atoms with Gasteiger partial charge in [-0.2, -0.15) is 0 Å². The molecule has 5 rings (SSSR count). The monoisotopic (exact) mass is 441 g/mol. The van der Waals surface area contributed by atoms with E-state index in [2.05, 4.69) is 22.3 Å². The van der Waals surface area contributed by atoms with Crippen molar-refractivity contribution >= 4 is 11.8 Å². The normalized spacial score (nSPS) is 31.1. The van der Waals surface area contributed by atoms with Crippen molar-refractivity contribution in [3.63, 3.8) is 0 Å². The van der Waals surface area contributed by atoms with Gasteiger partial charge in [-0.3, -0.25) is 9.59 Å². The van der Waals surface area contributed by atoms with Crippen LogP contribution in [0.2, 0.25) is 0 Å². The zero-order chi connectivity index (χ0) is 21.9. The molecule has 4 unspecified atom stereocenters. The Morgan fingerprint density at radius 1 is 1.03 bits per heavy atom. The molecule has 4 aliphatic heterocycles. The van der Waals surface area contributed by atoms with Crippen LogP contribution in [-0.2, 0) is 19.1 Å². The van der Waals surface area contributed by atoms with E-state index in [1.165, 1.54) is 0 Å². The van der Waals surface area contributed by atoms with Crippen molar-refractivity contribution < 1.29 is 19.1 Å². The van der Waals surface area contributed by atoms with E-state index < -0.39 is 0 Å². The number of benzene rings is 1. The number of carbonyl (C=O) groups is 2. The van der Waals surface area contributed by atoms with Gasteiger partial charge >= 0.3 is 0 Å². The minimum absolute atomic E-state index is 0.0160. The molecule has 1 aromatic carbocycles. The average molecular weight is 442 g/mol. The fraction of sp³-hybridized carbons (Fsp3) is 0.680. The fourth-order valence-corrected chi connectivity index (χ4v) is 5.78. The molecule has 1 aromatic rings. The van der Waals surface area contributed by atoms with Gasteiger partial charge in [0, 0.05) is 45.9 Å². The zero-order valence-corrected chi connectivity index (χ0v) is 18.8. The van der Waals surface area contributed by atoms with Gasteiger partial charge in [0.1, 0.15) is 6.10 Å². The molecular weight excluding hydrogens is 406 g/mol. The summed E-state index contributed by atoms with van der Waals surface area (Å²) in [5, 5.41) is 3.29. The van der Waals surface area contributed by atoms with Crippen LogP contribution in [0.5, 0.6) is 0 Å². The Bertz CT molecular complexity index is 778. The van der Waals surface area contributed by atoms with Crippen molar-refractivity contribution in [2.45, 2.75) is 37.8 Å². The molecule has 0 aromatic heterocycles.